The number of carboxylic acids is 1. The van der Waals surface area contributed by atoms with Crippen molar-refractivity contribution in [1.29, 1.82) is 0 Å². The molecule has 0 heterocycles. The van der Waals surface area contributed by atoms with Crippen LogP contribution in [0.25, 0.3) is 0 Å². The summed E-state index contributed by atoms with van der Waals surface area (Å²) < 4.78 is 24.9. The zero-order valence-electron chi connectivity index (χ0n) is 7.90. The van der Waals surface area contributed by atoms with Gasteiger partial charge in [-0.25, -0.2) is 13.1 Å². The highest BCUT2D eigenvalue weighted by Gasteiger charge is 2.24. The average Bonchev–Trinajstić information content (AvgIpc) is 1.96. The van der Waals surface area contributed by atoms with Crippen LogP contribution in [0, 0.1) is 5.92 Å². The Morgan fingerprint density at radius 3 is 2.50 bits per heavy atom. The molecule has 0 bridgehead atoms. The maximum Gasteiger partial charge on any atom is 0.304 e. The van der Waals surface area contributed by atoms with Gasteiger partial charge in [-0.15, -0.1) is 0 Å². The molecule has 6 heteroatoms. The van der Waals surface area contributed by atoms with Crippen LogP contribution >= 0.6 is 0 Å². The quantitative estimate of drug-likeness (QED) is 0.670. The van der Waals surface area contributed by atoms with Crippen molar-refractivity contribution in [3.63, 3.8) is 0 Å². The fourth-order valence-corrected chi connectivity index (χ4v) is 2.83. The van der Waals surface area contributed by atoms with Gasteiger partial charge in [0.15, 0.2) is 0 Å². The van der Waals surface area contributed by atoms with Gasteiger partial charge in [-0.1, -0.05) is 6.42 Å². The zero-order valence-corrected chi connectivity index (χ0v) is 8.72. The molecule has 0 atom stereocenters. The Morgan fingerprint density at radius 2 is 2.07 bits per heavy atom. The van der Waals surface area contributed by atoms with Crippen molar-refractivity contribution < 1.29 is 18.3 Å². The minimum atomic E-state index is -3.25. The molecule has 0 aromatic heterocycles. The van der Waals surface area contributed by atoms with Crippen molar-refractivity contribution in [2.45, 2.75) is 25.7 Å². The van der Waals surface area contributed by atoms with Crippen molar-refractivity contribution >= 4 is 16.0 Å². The average molecular weight is 221 g/mol. The van der Waals surface area contributed by atoms with Crippen molar-refractivity contribution in [2.75, 3.05) is 12.3 Å². The predicted octanol–water partition coefficient (Wildman–Crippen LogP) is 0.181. The van der Waals surface area contributed by atoms with Gasteiger partial charge in [0.25, 0.3) is 0 Å². The van der Waals surface area contributed by atoms with E-state index in [4.69, 9.17) is 5.11 Å². The van der Waals surface area contributed by atoms with E-state index in [-0.39, 0.29) is 24.6 Å². The van der Waals surface area contributed by atoms with E-state index in [1.54, 1.807) is 0 Å². The van der Waals surface area contributed by atoms with E-state index in [1.807, 2.05) is 0 Å². The van der Waals surface area contributed by atoms with Crippen LogP contribution < -0.4 is 4.72 Å². The minimum absolute atomic E-state index is 0.00954. The summed E-state index contributed by atoms with van der Waals surface area (Å²) in [4.78, 5) is 10.1. The summed E-state index contributed by atoms with van der Waals surface area (Å²) in [5.74, 6) is -0.569. The van der Waals surface area contributed by atoms with Gasteiger partial charge in [-0.2, -0.15) is 0 Å². The largest absolute Gasteiger partial charge is 0.481 e. The van der Waals surface area contributed by atoms with Crippen LogP contribution in [0.4, 0.5) is 0 Å². The van der Waals surface area contributed by atoms with Gasteiger partial charge in [0.2, 0.25) is 10.0 Å². The smallest absolute Gasteiger partial charge is 0.304 e. The molecular formula is C8H15NO4S. The number of sulfonamides is 1. The number of rotatable bonds is 6. The predicted molar refractivity (Wildman–Crippen MR) is 51.4 cm³/mol. The topological polar surface area (TPSA) is 83.5 Å². The lowest BCUT2D eigenvalue weighted by molar-refractivity contribution is -0.136. The number of hydrogen-bond acceptors (Lipinski definition) is 3. The van der Waals surface area contributed by atoms with Crippen molar-refractivity contribution in [2.24, 2.45) is 5.92 Å². The molecule has 1 saturated carbocycles. The van der Waals surface area contributed by atoms with Crippen LogP contribution in [-0.2, 0) is 14.8 Å². The molecule has 0 unspecified atom stereocenters. The van der Waals surface area contributed by atoms with Gasteiger partial charge >= 0.3 is 5.97 Å². The Balaban J connectivity index is 2.23. The summed E-state index contributed by atoms with van der Waals surface area (Å²) in [7, 11) is -3.25. The molecular weight excluding hydrogens is 206 g/mol. The second-order valence-electron chi connectivity index (χ2n) is 3.62. The maximum atomic E-state index is 11.3. The Kier molecular flexibility index (Phi) is 3.88. The lowest BCUT2D eigenvalue weighted by atomic mass is 9.87. The van der Waals surface area contributed by atoms with Gasteiger partial charge in [-0.3, -0.25) is 4.79 Å². The number of hydrogen-bond donors (Lipinski definition) is 2. The fourth-order valence-electron chi connectivity index (χ4n) is 1.34. The molecule has 1 rings (SSSR count). The van der Waals surface area contributed by atoms with Crippen LogP contribution in [-0.4, -0.2) is 31.8 Å². The molecule has 0 amide bonds. The van der Waals surface area contributed by atoms with Crippen LogP contribution in [0.3, 0.4) is 0 Å². The number of aliphatic carboxylic acids is 1. The van der Waals surface area contributed by atoms with E-state index >= 15 is 0 Å². The van der Waals surface area contributed by atoms with Crippen LogP contribution in [0.15, 0.2) is 0 Å². The van der Waals surface area contributed by atoms with E-state index in [9.17, 15) is 13.2 Å². The second-order valence-corrected chi connectivity index (χ2v) is 5.47. The summed E-state index contributed by atoms with van der Waals surface area (Å²) in [6.45, 7) is -0.00954. The molecule has 0 radical (unpaired) electrons. The van der Waals surface area contributed by atoms with Gasteiger partial charge in [0, 0.05) is 6.54 Å². The summed E-state index contributed by atoms with van der Waals surface area (Å²) in [6.07, 6.45) is 2.89. The third-order valence-corrected chi connectivity index (χ3v) is 3.89. The second kappa shape index (κ2) is 4.75. The SMILES string of the molecule is O=C(O)CCNS(=O)(=O)CC1CCC1. The molecule has 0 spiro atoms. The normalized spacial score (nSPS) is 17.7. The molecule has 82 valence electrons. The van der Waals surface area contributed by atoms with Gasteiger partial charge in [-0.05, 0) is 18.8 Å². The zero-order chi connectivity index (χ0) is 10.6. The standard InChI is InChI=1S/C8H15NO4S/c10-8(11)4-5-9-14(12,13)6-7-2-1-3-7/h7,9H,1-6H2,(H,10,11). The number of carboxylic acid groups (broad SMARTS) is 1. The number of carbonyl (C=O) groups is 1. The van der Waals surface area contributed by atoms with E-state index in [0.29, 0.717) is 0 Å². The van der Waals surface area contributed by atoms with Crippen LogP contribution in [0.2, 0.25) is 0 Å². The highest BCUT2D eigenvalue weighted by Crippen LogP contribution is 2.27. The molecule has 1 aliphatic rings. The maximum absolute atomic E-state index is 11.3. The summed E-state index contributed by atoms with van der Waals surface area (Å²) >= 11 is 0. The first kappa shape index (κ1) is 11.5. The van der Waals surface area contributed by atoms with Gasteiger partial charge < -0.3 is 5.11 Å². The van der Waals surface area contributed by atoms with Gasteiger partial charge in [0.05, 0.1) is 12.2 Å². The Morgan fingerprint density at radius 1 is 1.43 bits per heavy atom. The lowest BCUT2D eigenvalue weighted by Crippen LogP contribution is -2.33. The highest BCUT2D eigenvalue weighted by atomic mass is 32.2. The van der Waals surface area contributed by atoms with E-state index in [0.717, 1.165) is 19.3 Å². The van der Waals surface area contributed by atoms with E-state index in [2.05, 4.69) is 4.72 Å². The Labute approximate surface area is 83.6 Å². The van der Waals surface area contributed by atoms with Gasteiger partial charge in [0.1, 0.15) is 0 Å². The molecule has 0 saturated heterocycles. The Bertz CT molecular complexity index is 294. The first-order chi connectivity index (χ1) is 6.49. The highest BCUT2D eigenvalue weighted by molar-refractivity contribution is 7.89. The van der Waals surface area contributed by atoms with Crippen LogP contribution in [0.1, 0.15) is 25.7 Å². The molecule has 14 heavy (non-hydrogen) atoms. The molecule has 2 N–H and O–H groups in total. The molecule has 0 aliphatic heterocycles. The minimum Gasteiger partial charge on any atom is -0.481 e. The van der Waals surface area contributed by atoms with Crippen LogP contribution in [0.5, 0.6) is 0 Å². The third-order valence-electron chi connectivity index (χ3n) is 2.34. The third kappa shape index (κ3) is 4.06. The number of nitrogens with one attached hydrogen (secondary N) is 1. The van der Waals surface area contributed by atoms with Crippen molar-refractivity contribution in [3.8, 4) is 0 Å². The van der Waals surface area contributed by atoms with E-state index in [1.165, 1.54) is 0 Å². The lowest BCUT2D eigenvalue weighted by Gasteiger charge is -2.24. The first-order valence-corrected chi connectivity index (χ1v) is 6.34. The molecule has 0 aromatic rings. The van der Waals surface area contributed by atoms with E-state index < -0.39 is 16.0 Å². The summed E-state index contributed by atoms with van der Waals surface area (Å²) in [6, 6.07) is 0. The molecule has 1 aliphatic carbocycles. The van der Waals surface area contributed by atoms with Crippen molar-refractivity contribution in [3.05, 3.63) is 0 Å². The summed E-state index contributed by atoms with van der Waals surface area (Å²) in [5.41, 5.74) is 0. The van der Waals surface area contributed by atoms with Crippen molar-refractivity contribution in [1.82, 2.24) is 4.72 Å². The molecule has 0 aromatic carbocycles. The molecule has 1 fully saturated rings. The molecule has 5 nitrogen and oxygen atoms in total. The summed E-state index contributed by atoms with van der Waals surface area (Å²) in [5, 5.41) is 8.31. The Hall–Kier alpha value is -0.620. The fraction of sp³-hybridized carbons (Fsp3) is 0.875. The monoisotopic (exact) mass is 221 g/mol. The first-order valence-electron chi connectivity index (χ1n) is 4.69.